The molecule has 1 N–H and O–H groups in total. The third kappa shape index (κ3) is 4.83. The fraction of sp³-hybridized carbons (Fsp3) is 0.259. The van der Waals surface area contributed by atoms with E-state index in [9.17, 15) is 9.59 Å². The van der Waals surface area contributed by atoms with E-state index in [4.69, 9.17) is 4.74 Å². The van der Waals surface area contributed by atoms with Gasteiger partial charge in [-0.3, -0.25) is 9.59 Å². The molecule has 0 fully saturated rings. The Labute approximate surface area is 189 Å². The van der Waals surface area contributed by atoms with Crippen LogP contribution >= 0.6 is 0 Å². The molecule has 4 rings (SSSR count). The second-order valence-corrected chi connectivity index (χ2v) is 9.03. The molecule has 164 valence electrons. The lowest BCUT2D eigenvalue weighted by atomic mass is 9.87. The number of benzene rings is 3. The molecule has 0 aromatic heterocycles. The SMILES string of the molecule is CC(C)(C)c1ccc(C(=O)Nc2ccc3c(c2)N(CCc2ccccc2)C(=O)CO3)cc1. The Kier molecular flexibility index (Phi) is 5.99. The molecule has 0 bridgehead atoms. The van der Waals surface area contributed by atoms with Crippen LogP contribution in [-0.2, 0) is 16.6 Å². The number of rotatable bonds is 5. The minimum atomic E-state index is -0.190. The zero-order valence-electron chi connectivity index (χ0n) is 18.7. The van der Waals surface area contributed by atoms with E-state index in [1.807, 2.05) is 54.6 Å². The predicted molar refractivity (Wildman–Crippen MR) is 128 cm³/mol. The van der Waals surface area contributed by atoms with Crippen molar-refractivity contribution >= 4 is 23.2 Å². The highest BCUT2D eigenvalue weighted by molar-refractivity contribution is 6.05. The molecule has 1 aliphatic rings. The number of carbonyl (C=O) groups excluding carboxylic acids is 2. The van der Waals surface area contributed by atoms with Gasteiger partial charge in [0.05, 0.1) is 5.69 Å². The third-order valence-corrected chi connectivity index (χ3v) is 5.64. The van der Waals surface area contributed by atoms with Gasteiger partial charge in [0.15, 0.2) is 6.61 Å². The summed E-state index contributed by atoms with van der Waals surface area (Å²) in [6.45, 7) is 6.99. The summed E-state index contributed by atoms with van der Waals surface area (Å²) in [7, 11) is 0. The normalized spacial score (nSPS) is 13.3. The number of fused-ring (bicyclic) bond motifs is 1. The molecule has 0 aliphatic carbocycles. The lowest BCUT2D eigenvalue weighted by Gasteiger charge is -2.30. The van der Waals surface area contributed by atoms with E-state index >= 15 is 0 Å². The van der Waals surface area contributed by atoms with Crippen LogP contribution in [0.15, 0.2) is 72.8 Å². The van der Waals surface area contributed by atoms with Gasteiger partial charge in [-0.15, -0.1) is 0 Å². The number of nitrogens with zero attached hydrogens (tertiary/aromatic N) is 1. The monoisotopic (exact) mass is 428 g/mol. The molecule has 2 amide bonds. The summed E-state index contributed by atoms with van der Waals surface area (Å²) in [5.74, 6) is 0.365. The molecule has 32 heavy (non-hydrogen) atoms. The third-order valence-electron chi connectivity index (χ3n) is 5.64. The molecule has 0 unspecified atom stereocenters. The van der Waals surface area contributed by atoms with Gasteiger partial charge in [0.1, 0.15) is 5.75 Å². The van der Waals surface area contributed by atoms with Crippen LogP contribution in [0.25, 0.3) is 0 Å². The summed E-state index contributed by atoms with van der Waals surface area (Å²) in [5.41, 5.74) is 4.26. The number of hydrogen-bond donors (Lipinski definition) is 1. The zero-order chi connectivity index (χ0) is 22.7. The Balaban J connectivity index is 1.51. The van der Waals surface area contributed by atoms with Crippen LogP contribution in [-0.4, -0.2) is 25.0 Å². The van der Waals surface area contributed by atoms with Crippen LogP contribution < -0.4 is 15.0 Å². The van der Waals surface area contributed by atoms with Crippen molar-refractivity contribution in [3.8, 4) is 5.75 Å². The summed E-state index contributed by atoms with van der Waals surface area (Å²) in [6.07, 6.45) is 0.739. The highest BCUT2D eigenvalue weighted by Gasteiger charge is 2.26. The van der Waals surface area contributed by atoms with Gasteiger partial charge in [-0.25, -0.2) is 0 Å². The van der Waals surface area contributed by atoms with E-state index in [-0.39, 0.29) is 23.8 Å². The zero-order valence-corrected chi connectivity index (χ0v) is 18.7. The Morgan fingerprint density at radius 2 is 1.72 bits per heavy atom. The predicted octanol–water partition coefficient (Wildman–Crippen LogP) is 5.20. The molecule has 3 aromatic carbocycles. The lowest BCUT2D eigenvalue weighted by Crippen LogP contribution is -2.40. The van der Waals surface area contributed by atoms with Gasteiger partial charge >= 0.3 is 0 Å². The second-order valence-electron chi connectivity index (χ2n) is 9.03. The molecule has 5 heteroatoms. The Morgan fingerprint density at radius 3 is 2.41 bits per heavy atom. The van der Waals surface area contributed by atoms with Crippen molar-refractivity contribution in [2.45, 2.75) is 32.6 Å². The Morgan fingerprint density at radius 1 is 1.00 bits per heavy atom. The van der Waals surface area contributed by atoms with Gasteiger partial charge < -0.3 is 15.0 Å². The maximum atomic E-state index is 12.8. The number of nitrogens with one attached hydrogen (secondary N) is 1. The second kappa shape index (κ2) is 8.87. The van der Waals surface area contributed by atoms with Crippen molar-refractivity contribution in [3.63, 3.8) is 0 Å². The summed E-state index contributed by atoms with van der Waals surface area (Å²) in [6, 6.07) is 23.1. The van der Waals surface area contributed by atoms with Crippen molar-refractivity contribution < 1.29 is 14.3 Å². The molecule has 0 saturated heterocycles. The smallest absolute Gasteiger partial charge is 0.265 e. The van der Waals surface area contributed by atoms with Crippen LogP contribution in [0.1, 0.15) is 42.3 Å². The van der Waals surface area contributed by atoms with E-state index in [0.29, 0.717) is 29.2 Å². The highest BCUT2D eigenvalue weighted by atomic mass is 16.5. The maximum Gasteiger partial charge on any atom is 0.265 e. The Bertz CT molecular complexity index is 1120. The molecule has 3 aromatic rings. The van der Waals surface area contributed by atoms with Crippen molar-refractivity contribution in [2.24, 2.45) is 0 Å². The molecule has 1 aliphatic heterocycles. The van der Waals surface area contributed by atoms with E-state index in [2.05, 4.69) is 26.1 Å². The van der Waals surface area contributed by atoms with E-state index in [1.54, 1.807) is 23.1 Å². The van der Waals surface area contributed by atoms with Crippen molar-refractivity contribution in [1.82, 2.24) is 0 Å². The van der Waals surface area contributed by atoms with Gasteiger partial charge in [-0.1, -0.05) is 63.2 Å². The van der Waals surface area contributed by atoms with Gasteiger partial charge in [0.25, 0.3) is 11.8 Å². The van der Waals surface area contributed by atoms with E-state index in [0.717, 1.165) is 12.0 Å². The Hall–Kier alpha value is -3.60. The number of anilines is 2. The molecule has 5 nitrogen and oxygen atoms in total. The summed E-state index contributed by atoms with van der Waals surface area (Å²) >= 11 is 0. The van der Waals surface area contributed by atoms with Crippen LogP contribution in [0.2, 0.25) is 0 Å². The van der Waals surface area contributed by atoms with Crippen LogP contribution in [0.4, 0.5) is 11.4 Å². The topological polar surface area (TPSA) is 58.6 Å². The minimum absolute atomic E-state index is 0.0214. The van der Waals surface area contributed by atoms with Gasteiger partial charge in [-0.05, 0) is 53.3 Å². The van der Waals surface area contributed by atoms with Crippen molar-refractivity contribution in [1.29, 1.82) is 0 Å². The largest absolute Gasteiger partial charge is 0.482 e. The highest BCUT2D eigenvalue weighted by Crippen LogP contribution is 2.35. The first kappa shape index (κ1) is 21.6. The van der Waals surface area contributed by atoms with Gasteiger partial charge in [0.2, 0.25) is 0 Å². The average molecular weight is 429 g/mol. The van der Waals surface area contributed by atoms with Crippen molar-refractivity contribution in [2.75, 3.05) is 23.4 Å². The maximum absolute atomic E-state index is 12.8. The summed E-state index contributed by atoms with van der Waals surface area (Å²) in [5, 5.41) is 2.94. The fourth-order valence-corrected chi connectivity index (χ4v) is 3.74. The fourth-order valence-electron chi connectivity index (χ4n) is 3.74. The summed E-state index contributed by atoms with van der Waals surface area (Å²) in [4.78, 5) is 27.1. The molecular formula is C27H28N2O3. The number of hydrogen-bond acceptors (Lipinski definition) is 3. The lowest BCUT2D eigenvalue weighted by molar-refractivity contribution is -0.121. The molecule has 0 spiro atoms. The van der Waals surface area contributed by atoms with Crippen LogP contribution in [0.3, 0.4) is 0 Å². The molecule has 0 atom stereocenters. The van der Waals surface area contributed by atoms with E-state index in [1.165, 1.54) is 5.56 Å². The summed E-state index contributed by atoms with van der Waals surface area (Å²) < 4.78 is 5.60. The average Bonchev–Trinajstić information content (AvgIpc) is 2.78. The molecule has 1 heterocycles. The molecule has 0 radical (unpaired) electrons. The van der Waals surface area contributed by atoms with Crippen molar-refractivity contribution in [3.05, 3.63) is 89.5 Å². The number of amides is 2. The minimum Gasteiger partial charge on any atom is -0.482 e. The van der Waals surface area contributed by atoms with Gasteiger partial charge in [0, 0.05) is 17.8 Å². The molecular weight excluding hydrogens is 400 g/mol. The van der Waals surface area contributed by atoms with Crippen LogP contribution in [0.5, 0.6) is 5.75 Å². The first-order valence-corrected chi connectivity index (χ1v) is 10.8. The van der Waals surface area contributed by atoms with Crippen LogP contribution in [0, 0.1) is 0 Å². The van der Waals surface area contributed by atoms with Gasteiger partial charge in [-0.2, -0.15) is 0 Å². The first-order valence-electron chi connectivity index (χ1n) is 10.8. The first-order chi connectivity index (χ1) is 15.3. The standard InChI is InChI=1S/C27H28N2O3/c1-27(2,3)21-11-9-20(10-12-21)26(31)28-22-13-14-24-23(17-22)29(25(30)18-32-24)16-15-19-7-5-4-6-8-19/h4-14,17H,15-16,18H2,1-3H3,(H,28,31). The number of carbonyl (C=O) groups is 2. The number of ether oxygens (including phenoxy) is 1. The quantitative estimate of drug-likeness (QED) is 0.607. The molecule has 0 saturated carbocycles. The van der Waals surface area contributed by atoms with E-state index < -0.39 is 0 Å².